The van der Waals surface area contributed by atoms with Gasteiger partial charge in [0.25, 0.3) is 0 Å². The summed E-state index contributed by atoms with van der Waals surface area (Å²) in [6.07, 6.45) is 9.06. The van der Waals surface area contributed by atoms with Crippen LogP contribution in [0.2, 0.25) is 0 Å². The number of anilines is 1. The standard InChI is InChI=1S/C21H26N4O4S2/c26-19(22-21-24-23-20(30-21)17-4-2-1-3-5-17)11-8-16-6-9-18(10-7-16)31(27,28)25-12-14-29-15-13-25/h6-11,17H,1-5,12-15H2,(H,22,24,26)/b11-8+. The van der Waals surface area contributed by atoms with Gasteiger partial charge in [-0.25, -0.2) is 8.42 Å². The Bertz CT molecular complexity index is 1020. The predicted molar refractivity (Wildman–Crippen MR) is 119 cm³/mol. The van der Waals surface area contributed by atoms with E-state index in [0.717, 1.165) is 23.4 Å². The summed E-state index contributed by atoms with van der Waals surface area (Å²) in [7, 11) is -3.52. The molecule has 0 spiro atoms. The Balaban J connectivity index is 1.34. The van der Waals surface area contributed by atoms with E-state index < -0.39 is 10.0 Å². The molecule has 31 heavy (non-hydrogen) atoms. The highest BCUT2D eigenvalue weighted by Gasteiger charge is 2.26. The summed E-state index contributed by atoms with van der Waals surface area (Å²) in [5.41, 5.74) is 0.733. The average molecular weight is 463 g/mol. The molecular formula is C21H26N4O4S2. The van der Waals surface area contributed by atoms with Crippen LogP contribution in [0.4, 0.5) is 5.13 Å². The molecule has 1 aliphatic carbocycles. The van der Waals surface area contributed by atoms with Crippen LogP contribution in [-0.4, -0.2) is 55.1 Å². The summed E-state index contributed by atoms with van der Waals surface area (Å²) in [4.78, 5) is 12.5. The molecular weight excluding hydrogens is 436 g/mol. The molecule has 1 aromatic heterocycles. The molecule has 10 heteroatoms. The van der Waals surface area contributed by atoms with Crippen molar-refractivity contribution in [3.8, 4) is 0 Å². The summed E-state index contributed by atoms with van der Waals surface area (Å²) in [6.45, 7) is 1.54. The van der Waals surface area contributed by atoms with Crippen LogP contribution in [0.3, 0.4) is 0 Å². The Kier molecular flexibility index (Phi) is 7.11. The van der Waals surface area contributed by atoms with Crippen LogP contribution in [0.25, 0.3) is 6.08 Å². The molecule has 0 atom stereocenters. The van der Waals surface area contributed by atoms with Gasteiger partial charge in [-0.15, -0.1) is 10.2 Å². The molecule has 2 fully saturated rings. The molecule has 0 radical (unpaired) electrons. The van der Waals surface area contributed by atoms with Crippen LogP contribution in [0.5, 0.6) is 0 Å². The first kappa shape index (κ1) is 22.1. The molecule has 2 heterocycles. The van der Waals surface area contributed by atoms with Gasteiger partial charge in [-0.3, -0.25) is 10.1 Å². The van der Waals surface area contributed by atoms with Gasteiger partial charge in [-0.05, 0) is 36.6 Å². The molecule has 1 N–H and O–H groups in total. The van der Waals surface area contributed by atoms with Crippen LogP contribution in [0.1, 0.15) is 48.6 Å². The number of amides is 1. The molecule has 1 saturated carbocycles. The minimum Gasteiger partial charge on any atom is -0.379 e. The van der Waals surface area contributed by atoms with E-state index in [9.17, 15) is 13.2 Å². The third kappa shape index (κ3) is 5.57. The summed E-state index contributed by atoms with van der Waals surface area (Å²) in [5.74, 6) is 0.163. The zero-order valence-electron chi connectivity index (χ0n) is 17.2. The van der Waals surface area contributed by atoms with Crippen molar-refractivity contribution in [3.63, 3.8) is 0 Å². The lowest BCUT2D eigenvalue weighted by Gasteiger charge is -2.26. The Labute approximate surface area is 186 Å². The van der Waals surface area contributed by atoms with E-state index in [0.29, 0.717) is 37.4 Å². The molecule has 1 aromatic carbocycles. The van der Waals surface area contributed by atoms with Crippen molar-refractivity contribution >= 4 is 38.5 Å². The number of nitrogens with zero attached hydrogens (tertiary/aromatic N) is 3. The number of carbonyl (C=O) groups is 1. The number of carbonyl (C=O) groups excluding carboxylic acids is 1. The van der Waals surface area contributed by atoms with E-state index in [1.807, 2.05) is 0 Å². The maximum atomic E-state index is 12.7. The van der Waals surface area contributed by atoms with Gasteiger partial charge in [-0.2, -0.15) is 4.31 Å². The summed E-state index contributed by atoms with van der Waals surface area (Å²) < 4.78 is 32.0. The van der Waals surface area contributed by atoms with Crippen LogP contribution in [0, 0.1) is 0 Å². The smallest absolute Gasteiger partial charge is 0.250 e. The van der Waals surface area contributed by atoms with Gasteiger partial charge in [0.15, 0.2) is 0 Å². The topological polar surface area (TPSA) is 101 Å². The van der Waals surface area contributed by atoms with Gasteiger partial charge in [0.05, 0.1) is 18.1 Å². The summed E-state index contributed by atoms with van der Waals surface area (Å²) >= 11 is 1.44. The number of ether oxygens (including phenoxy) is 1. The van der Waals surface area contributed by atoms with E-state index in [4.69, 9.17) is 4.74 Å². The predicted octanol–water partition coefficient (Wildman–Crippen LogP) is 3.26. The SMILES string of the molecule is O=C(/C=C/c1ccc(S(=O)(=O)N2CCOCC2)cc1)Nc1nnc(C2CCCCC2)s1. The minimum absolute atomic E-state index is 0.236. The van der Waals surface area contributed by atoms with Crippen LogP contribution in [-0.2, 0) is 19.6 Å². The zero-order chi connectivity index (χ0) is 21.7. The van der Waals surface area contributed by atoms with Crippen LogP contribution >= 0.6 is 11.3 Å². The number of sulfonamides is 1. The van der Waals surface area contributed by atoms with Gasteiger partial charge >= 0.3 is 0 Å². The van der Waals surface area contributed by atoms with Gasteiger partial charge in [-0.1, -0.05) is 42.7 Å². The Morgan fingerprint density at radius 1 is 1.10 bits per heavy atom. The second-order valence-electron chi connectivity index (χ2n) is 7.69. The van der Waals surface area contributed by atoms with E-state index in [1.54, 1.807) is 30.3 Å². The molecule has 1 saturated heterocycles. The number of morpholine rings is 1. The lowest BCUT2D eigenvalue weighted by atomic mass is 9.90. The number of benzene rings is 1. The van der Waals surface area contributed by atoms with Crippen LogP contribution in [0.15, 0.2) is 35.2 Å². The average Bonchev–Trinajstić information content (AvgIpc) is 3.27. The van der Waals surface area contributed by atoms with Gasteiger partial charge in [0.1, 0.15) is 5.01 Å². The Hall–Kier alpha value is -2.14. The molecule has 1 amide bonds. The van der Waals surface area contributed by atoms with E-state index in [2.05, 4.69) is 15.5 Å². The number of hydrogen-bond acceptors (Lipinski definition) is 7. The number of nitrogens with one attached hydrogen (secondary N) is 1. The first-order valence-corrected chi connectivity index (χ1v) is 12.8. The molecule has 4 rings (SSSR count). The number of rotatable bonds is 6. The highest BCUT2D eigenvalue weighted by atomic mass is 32.2. The van der Waals surface area contributed by atoms with Crippen molar-refractivity contribution in [1.82, 2.24) is 14.5 Å². The molecule has 166 valence electrons. The second kappa shape index (κ2) is 9.99. The maximum absolute atomic E-state index is 12.7. The fourth-order valence-corrected chi connectivity index (χ4v) is 6.13. The van der Waals surface area contributed by atoms with Crippen molar-refractivity contribution in [1.29, 1.82) is 0 Å². The fourth-order valence-electron chi connectivity index (χ4n) is 3.81. The molecule has 0 unspecified atom stereocenters. The Morgan fingerprint density at radius 2 is 1.81 bits per heavy atom. The molecule has 2 aromatic rings. The maximum Gasteiger partial charge on any atom is 0.250 e. The molecule has 1 aliphatic heterocycles. The van der Waals surface area contributed by atoms with Crippen molar-refractivity contribution in [2.24, 2.45) is 0 Å². The first-order chi connectivity index (χ1) is 15.0. The summed E-state index contributed by atoms with van der Waals surface area (Å²) in [5, 5.41) is 12.6. The highest BCUT2D eigenvalue weighted by molar-refractivity contribution is 7.89. The van der Waals surface area contributed by atoms with Crippen molar-refractivity contribution in [2.45, 2.75) is 42.9 Å². The molecule has 0 bridgehead atoms. The third-order valence-corrected chi connectivity index (χ3v) is 8.45. The Morgan fingerprint density at radius 3 is 2.52 bits per heavy atom. The van der Waals surface area contributed by atoms with Crippen LogP contribution < -0.4 is 5.32 Å². The van der Waals surface area contributed by atoms with Crippen molar-refractivity contribution < 1.29 is 17.9 Å². The highest BCUT2D eigenvalue weighted by Crippen LogP contribution is 2.35. The number of hydrogen-bond donors (Lipinski definition) is 1. The first-order valence-electron chi connectivity index (χ1n) is 10.5. The van der Waals surface area contributed by atoms with Gasteiger partial charge < -0.3 is 4.74 Å². The zero-order valence-corrected chi connectivity index (χ0v) is 18.8. The molecule has 2 aliphatic rings. The largest absolute Gasteiger partial charge is 0.379 e. The van der Waals surface area contributed by atoms with Gasteiger partial charge in [0.2, 0.25) is 21.1 Å². The number of aromatic nitrogens is 2. The van der Waals surface area contributed by atoms with Crippen molar-refractivity contribution in [3.05, 3.63) is 40.9 Å². The normalized spacial score (nSPS) is 19.0. The summed E-state index contributed by atoms with van der Waals surface area (Å²) in [6, 6.07) is 6.49. The fraction of sp³-hybridized carbons (Fsp3) is 0.476. The van der Waals surface area contributed by atoms with E-state index >= 15 is 0 Å². The quantitative estimate of drug-likeness (QED) is 0.661. The minimum atomic E-state index is -3.52. The van der Waals surface area contributed by atoms with Gasteiger partial charge in [0, 0.05) is 25.1 Å². The van der Waals surface area contributed by atoms with E-state index in [1.165, 1.54) is 41.0 Å². The third-order valence-electron chi connectivity index (χ3n) is 5.54. The van der Waals surface area contributed by atoms with E-state index in [-0.39, 0.29) is 10.8 Å². The monoisotopic (exact) mass is 462 g/mol. The lowest BCUT2D eigenvalue weighted by molar-refractivity contribution is -0.111. The lowest BCUT2D eigenvalue weighted by Crippen LogP contribution is -2.40. The molecule has 8 nitrogen and oxygen atoms in total. The van der Waals surface area contributed by atoms with Crippen molar-refractivity contribution in [2.75, 3.05) is 31.6 Å². The second-order valence-corrected chi connectivity index (χ2v) is 10.6.